The van der Waals surface area contributed by atoms with Crippen LogP contribution in [0.5, 0.6) is 0 Å². The summed E-state index contributed by atoms with van der Waals surface area (Å²) >= 11 is 0. The lowest BCUT2D eigenvalue weighted by Crippen LogP contribution is -2.36. The van der Waals surface area contributed by atoms with Gasteiger partial charge in [-0.3, -0.25) is 0 Å². The zero-order valence-electron chi connectivity index (χ0n) is 22.4. The van der Waals surface area contributed by atoms with Crippen LogP contribution in [0.15, 0.2) is 35.4 Å². The Morgan fingerprint density at radius 1 is 1.37 bits per heavy atom. The molecule has 0 spiro atoms. The van der Waals surface area contributed by atoms with E-state index in [4.69, 9.17) is 4.11 Å². The molecule has 3 aliphatic carbocycles. The van der Waals surface area contributed by atoms with Gasteiger partial charge in [-0.1, -0.05) is 50.9 Å². The Labute approximate surface area is 188 Å². The monoisotopic (exact) mass is 419 g/mol. The lowest BCUT2D eigenvalue weighted by molar-refractivity contribution is 0.0596. The Balaban J connectivity index is 1.82. The Bertz CT molecular complexity index is 806. The minimum Gasteiger partial charge on any atom is -0.393 e. The Morgan fingerprint density at radius 2 is 2.13 bits per heavy atom. The molecule has 0 aromatic rings. The molecule has 170 valence electrons. The van der Waals surface area contributed by atoms with Gasteiger partial charge in [-0.2, -0.15) is 0 Å². The van der Waals surface area contributed by atoms with Crippen LogP contribution in [-0.4, -0.2) is 33.1 Å². The third-order valence-electron chi connectivity index (χ3n) is 8.20. The first-order valence-electron chi connectivity index (χ1n) is 13.5. The van der Waals surface area contributed by atoms with Crippen molar-refractivity contribution < 1.29 is 19.4 Å². The van der Waals surface area contributed by atoms with Crippen molar-refractivity contribution in [2.24, 2.45) is 23.2 Å². The summed E-state index contributed by atoms with van der Waals surface area (Å²) in [6.45, 7) is 8.10. The van der Waals surface area contributed by atoms with E-state index < -0.39 is 24.3 Å². The van der Waals surface area contributed by atoms with E-state index >= 15 is 0 Å². The molecule has 0 radical (unpaired) electrons. The van der Waals surface area contributed by atoms with E-state index in [0.29, 0.717) is 23.3 Å². The molecule has 3 heteroatoms. The first-order valence-corrected chi connectivity index (χ1v) is 12.0. The molecule has 3 rings (SSSR count). The van der Waals surface area contributed by atoms with E-state index in [1.54, 1.807) is 0 Å². The summed E-state index contributed by atoms with van der Waals surface area (Å²) in [7, 11) is 0. The summed E-state index contributed by atoms with van der Waals surface area (Å²) in [5.74, 6) is 1.67. The van der Waals surface area contributed by atoms with Gasteiger partial charge in [-0.15, -0.1) is 0 Å². The van der Waals surface area contributed by atoms with E-state index in [0.717, 1.165) is 38.5 Å². The maximum Gasteiger partial charge on any atom is 0.0811 e. The highest BCUT2D eigenvalue weighted by atomic mass is 16.3. The molecule has 30 heavy (non-hydrogen) atoms. The first-order chi connectivity index (χ1) is 15.3. The average Bonchev–Trinajstić information content (AvgIpc) is 3.03. The second kappa shape index (κ2) is 9.30. The number of rotatable bonds is 6. The molecule has 6 atom stereocenters. The molecule has 0 aromatic carbocycles. The van der Waals surface area contributed by atoms with Gasteiger partial charge in [0.1, 0.15) is 0 Å². The van der Waals surface area contributed by atoms with Crippen molar-refractivity contribution in [3.8, 4) is 0 Å². The lowest BCUT2D eigenvalue weighted by atomic mass is 9.60. The van der Waals surface area contributed by atoms with Crippen molar-refractivity contribution in [1.29, 1.82) is 0 Å². The van der Waals surface area contributed by atoms with Crippen LogP contribution in [0.25, 0.3) is 0 Å². The number of fused-ring (bicyclic) bond motifs is 1. The van der Waals surface area contributed by atoms with Crippen LogP contribution < -0.4 is 0 Å². The molecule has 3 fully saturated rings. The molecular formula is C27H44O3. The smallest absolute Gasteiger partial charge is 0.0811 e. The van der Waals surface area contributed by atoms with Crippen LogP contribution in [0.4, 0.5) is 0 Å². The van der Waals surface area contributed by atoms with Crippen LogP contribution in [0, 0.1) is 23.2 Å². The predicted octanol–water partition coefficient (Wildman–Crippen LogP) is 5.70. The molecule has 3 saturated carbocycles. The zero-order chi connectivity index (χ0) is 24.6. The molecule has 0 heterocycles. The Morgan fingerprint density at radius 3 is 2.83 bits per heavy atom. The highest BCUT2D eigenvalue weighted by molar-refractivity contribution is 5.38. The minimum atomic E-state index is -1.05. The van der Waals surface area contributed by atoms with Crippen molar-refractivity contribution in [2.45, 2.75) is 110 Å². The number of hydrogen-bond acceptors (Lipinski definition) is 3. The molecular weight excluding hydrogens is 372 g/mol. The summed E-state index contributed by atoms with van der Waals surface area (Å²) in [6, 6.07) is 0.251. The second-order valence-electron chi connectivity index (χ2n) is 11.1. The summed E-state index contributed by atoms with van der Waals surface area (Å²) < 4.78 is 24.3. The number of aliphatic hydroxyl groups excluding tert-OH is 2. The van der Waals surface area contributed by atoms with Crippen molar-refractivity contribution in [1.82, 2.24) is 0 Å². The number of hydrogen-bond donors (Lipinski definition) is 3. The number of allylic oxidation sites excluding steroid dienone is 3. The molecule has 3 nitrogen and oxygen atoms in total. The fourth-order valence-corrected chi connectivity index (χ4v) is 6.57. The predicted molar refractivity (Wildman–Crippen MR) is 124 cm³/mol. The van der Waals surface area contributed by atoms with Crippen LogP contribution in [0.2, 0.25) is 0 Å². The normalized spacial score (nSPS) is 40.4. The maximum absolute atomic E-state index is 10.3. The quantitative estimate of drug-likeness (QED) is 0.517. The number of aliphatic hydroxyl groups is 3. The van der Waals surface area contributed by atoms with E-state index in [2.05, 4.69) is 13.8 Å². The molecule has 0 saturated heterocycles. The highest BCUT2D eigenvalue weighted by Gasteiger charge is 2.50. The van der Waals surface area contributed by atoms with Gasteiger partial charge in [-0.05, 0) is 93.1 Å². The minimum absolute atomic E-state index is 0.123. The van der Waals surface area contributed by atoms with Gasteiger partial charge in [0.25, 0.3) is 0 Å². The van der Waals surface area contributed by atoms with E-state index in [1.165, 1.54) is 18.4 Å². The van der Waals surface area contributed by atoms with Crippen molar-refractivity contribution in [3.05, 3.63) is 35.4 Å². The van der Waals surface area contributed by atoms with Crippen LogP contribution in [-0.2, 0) is 0 Å². The van der Waals surface area contributed by atoms with Gasteiger partial charge in [0, 0.05) is 6.42 Å². The van der Waals surface area contributed by atoms with E-state index in [-0.39, 0.29) is 29.9 Å². The van der Waals surface area contributed by atoms with Crippen molar-refractivity contribution in [2.75, 3.05) is 0 Å². The van der Waals surface area contributed by atoms with Crippen LogP contribution >= 0.6 is 0 Å². The molecule has 0 bridgehead atoms. The molecule has 0 aliphatic heterocycles. The molecule has 0 unspecified atom stereocenters. The van der Waals surface area contributed by atoms with Gasteiger partial charge in [-0.25, -0.2) is 0 Å². The largest absolute Gasteiger partial charge is 0.393 e. The van der Waals surface area contributed by atoms with Gasteiger partial charge < -0.3 is 15.3 Å². The summed E-state index contributed by atoms with van der Waals surface area (Å²) in [6.07, 6.45) is 9.07. The van der Waals surface area contributed by atoms with Gasteiger partial charge in [0.2, 0.25) is 0 Å². The fourth-order valence-electron chi connectivity index (χ4n) is 6.57. The molecule has 0 aromatic heterocycles. The third kappa shape index (κ3) is 5.29. The van der Waals surface area contributed by atoms with Gasteiger partial charge in [0.15, 0.2) is 0 Å². The Hall–Kier alpha value is -0.900. The maximum atomic E-state index is 10.3. The van der Waals surface area contributed by atoms with Crippen LogP contribution in [0.1, 0.15) is 96.0 Å². The fraction of sp³-hybridized carbons (Fsp3) is 0.778. The lowest BCUT2D eigenvalue weighted by Gasteiger charge is -2.44. The third-order valence-corrected chi connectivity index (χ3v) is 8.20. The SMILES string of the molecule is [2H]C([2H])=C1/C(=C([2H])/C=C2\CCC[C@]3(C)[C@@H]([C@H](C)CCCC(C)(C)O)CC[C@@H]23)C[C@@H](O)C[C@@H]1O. The average molecular weight is 420 g/mol. The van der Waals surface area contributed by atoms with Gasteiger partial charge >= 0.3 is 0 Å². The first kappa shape index (κ1) is 19.8. The molecule has 3 N–H and O–H groups in total. The topological polar surface area (TPSA) is 60.7 Å². The molecule has 0 amide bonds. The molecule has 3 aliphatic rings. The van der Waals surface area contributed by atoms with E-state index in [9.17, 15) is 15.3 Å². The highest BCUT2D eigenvalue weighted by Crippen LogP contribution is 2.60. The standard InChI is InChI=1S/C27H44O3/c1-18(8-6-14-26(3,4)30)23-12-13-24-20(9-7-15-27(23,24)5)10-11-21-16-22(28)17-25(29)19(21)2/h10-11,18,22-25,28-30H,2,6-9,12-17H2,1,3-5H3/b20-10+,21-11+/t18-,22-,23-,24+,25+,27-/m1/s1/i2D2,11D. The van der Waals surface area contributed by atoms with Crippen molar-refractivity contribution in [3.63, 3.8) is 0 Å². The second-order valence-corrected chi connectivity index (χ2v) is 11.1. The van der Waals surface area contributed by atoms with Gasteiger partial charge in [0.05, 0.1) is 21.9 Å². The van der Waals surface area contributed by atoms with E-state index in [1.807, 2.05) is 19.9 Å². The van der Waals surface area contributed by atoms with Crippen LogP contribution in [0.3, 0.4) is 0 Å². The summed E-state index contributed by atoms with van der Waals surface area (Å²) in [4.78, 5) is 0. The Kier molecular flexibility index (Phi) is 6.13. The zero-order valence-corrected chi connectivity index (χ0v) is 19.4. The van der Waals surface area contributed by atoms with Crippen molar-refractivity contribution >= 4 is 0 Å². The summed E-state index contributed by atoms with van der Waals surface area (Å²) in [5.41, 5.74) is 1.55. The summed E-state index contributed by atoms with van der Waals surface area (Å²) in [5, 5.41) is 30.5.